The van der Waals surface area contributed by atoms with Gasteiger partial charge in [-0.3, -0.25) is 9.59 Å². The van der Waals surface area contributed by atoms with E-state index >= 15 is 0 Å². The van der Waals surface area contributed by atoms with Gasteiger partial charge in [-0.25, -0.2) is 0 Å². The zero-order valence-electron chi connectivity index (χ0n) is 14.5. The molecule has 0 unspecified atom stereocenters. The standard InChI is InChI=1S/C19H22N2O3S/c1-14-11-21(16-5-3-4-6-17(16)24-2)19(23)12-20(14)18(22)8-7-15-9-10-25-13-15/h3-6,9-10,13-14H,7-8,11-12H2,1-2H3/t14-/m1/s1. The minimum atomic E-state index is -0.0773. The van der Waals surface area contributed by atoms with E-state index in [-0.39, 0.29) is 24.4 Å². The molecule has 1 aromatic heterocycles. The van der Waals surface area contributed by atoms with Crippen molar-refractivity contribution in [2.45, 2.75) is 25.8 Å². The predicted molar refractivity (Wildman–Crippen MR) is 99.2 cm³/mol. The Morgan fingerprint density at radius 1 is 1.32 bits per heavy atom. The molecule has 1 aliphatic heterocycles. The number of amides is 2. The van der Waals surface area contributed by atoms with Crippen molar-refractivity contribution in [2.24, 2.45) is 0 Å². The third-order valence-electron chi connectivity index (χ3n) is 4.49. The van der Waals surface area contributed by atoms with Crippen LogP contribution in [-0.4, -0.2) is 43.0 Å². The van der Waals surface area contributed by atoms with Gasteiger partial charge in [-0.2, -0.15) is 11.3 Å². The van der Waals surface area contributed by atoms with Crippen molar-refractivity contribution in [3.63, 3.8) is 0 Å². The van der Waals surface area contributed by atoms with Gasteiger partial charge in [-0.05, 0) is 47.9 Å². The fourth-order valence-corrected chi connectivity index (χ4v) is 3.80. The van der Waals surface area contributed by atoms with Crippen LogP contribution in [0.1, 0.15) is 18.9 Å². The fraction of sp³-hybridized carbons (Fsp3) is 0.368. The first-order valence-electron chi connectivity index (χ1n) is 8.34. The Bertz CT molecular complexity index is 745. The van der Waals surface area contributed by atoms with Crippen molar-refractivity contribution < 1.29 is 14.3 Å². The number of thiophene rings is 1. The summed E-state index contributed by atoms with van der Waals surface area (Å²) in [5.74, 6) is 0.624. The van der Waals surface area contributed by atoms with E-state index in [1.165, 1.54) is 5.56 Å². The molecule has 2 aromatic rings. The number of nitrogens with zero attached hydrogens (tertiary/aromatic N) is 2. The second kappa shape index (κ2) is 7.70. The highest BCUT2D eigenvalue weighted by molar-refractivity contribution is 7.07. The average Bonchev–Trinajstić information content (AvgIpc) is 3.15. The normalized spacial score (nSPS) is 17.7. The molecule has 0 N–H and O–H groups in total. The molecule has 1 aliphatic rings. The Hall–Kier alpha value is -2.34. The Morgan fingerprint density at radius 3 is 2.84 bits per heavy atom. The number of rotatable bonds is 5. The summed E-state index contributed by atoms with van der Waals surface area (Å²) in [4.78, 5) is 28.6. The SMILES string of the molecule is COc1ccccc1N1C[C@@H](C)N(C(=O)CCc2ccsc2)CC1=O. The van der Waals surface area contributed by atoms with Crippen molar-refractivity contribution >= 4 is 28.8 Å². The zero-order chi connectivity index (χ0) is 17.8. The van der Waals surface area contributed by atoms with Crippen molar-refractivity contribution in [1.82, 2.24) is 4.90 Å². The van der Waals surface area contributed by atoms with Crippen LogP contribution in [0.15, 0.2) is 41.1 Å². The monoisotopic (exact) mass is 358 g/mol. The van der Waals surface area contributed by atoms with Crippen LogP contribution >= 0.6 is 11.3 Å². The molecule has 1 atom stereocenters. The van der Waals surface area contributed by atoms with Crippen LogP contribution in [0.4, 0.5) is 5.69 Å². The third kappa shape index (κ3) is 3.85. The van der Waals surface area contributed by atoms with Crippen molar-refractivity contribution in [2.75, 3.05) is 25.1 Å². The van der Waals surface area contributed by atoms with Gasteiger partial charge in [0.1, 0.15) is 12.3 Å². The van der Waals surface area contributed by atoms with E-state index < -0.39 is 0 Å². The lowest BCUT2D eigenvalue weighted by Crippen LogP contribution is -2.57. The number of methoxy groups -OCH3 is 1. The molecular formula is C19H22N2O3S. The number of carbonyl (C=O) groups is 2. The van der Waals surface area contributed by atoms with E-state index in [4.69, 9.17) is 4.74 Å². The van der Waals surface area contributed by atoms with E-state index in [1.807, 2.05) is 42.6 Å². The third-order valence-corrected chi connectivity index (χ3v) is 5.22. The minimum absolute atomic E-state index is 0.0300. The molecule has 3 rings (SSSR count). The summed E-state index contributed by atoms with van der Waals surface area (Å²) < 4.78 is 5.36. The predicted octanol–water partition coefficient (Wildman–Crippen LogP) is 2.95. The lowest BCUT2D eigenvalue weighted by molar-refractivity contribution is -0.139. The number of hydrogen-bond acceptors (Lipinski definition) is 4. The molecule has 1 fully saturated rings. The first kappa shape index (κ1) is 17.5. The quantitative estimate of drug-likeness (QED) is 0.826. The second-order valence-electron chi connectivity index (χ2n) is 6.18. The van der Waals surface area contributed by atoms with Crippen LogP contribution in [-0.2, 0) is 16.0 Å². The lowest BCUT2D eigenvalue weighted by Gasteiger charge is -2.39. The highest BCUT2D eigenvalue weighted by Gasteiger charge is 2.33. The first-order chi connectivity index (χ1) is 12.1. The molecule has 0 bridgehead atoms. The molecule has 0 aliphatic carbocycles. The highest BCUT2D eigenvalue weighted by Crippen LogP contribution is 2.30. The van der Waals surface area contributed by atoms with Gasteiger partial charge < -0.3 is 14.5 Å². The Labute approximate surface area is 151 Å². The Morgan fingerprint density at radius 2 is 2.12 bits per heavy atom. The average molecular weight is 358 g/mol. The number of piperazine rings is 1. The number of ether oxygens (including phenoxy) is 1. The first-order valence-corrected chi connectivity index (χ1v) is 9.28. The van der Waals surface area contributed by atoms with Gasteiger partial charge >= 0.3 is 0 Å². The molecular weight excluding hydrogens is 336 g/mol. The molecule has 0 saturated carbocycles. The van der Waals surface area contributed by atoms with Crippen molar-refractivity contribution in [1.29, 1.82) is 0 Å². The zero-order valence-corrected chi connectivity index (χ0v) is 15.3. The summed E-state index contributed by atoms with van der Waals surface area (Å²) in [7, 11) is 1.59. The number of carbonyl (C=O) groups excluding carboxylic acids is 2. The molecule has 6 heteroatoms. The van der Waals surface area contributed by atoms with Gasteiger partial charge in [0.05, 0.1) is 12.8 Å². The van der Waals surface area contributed by atoms with E-state index in [0.29, 0.717) is 18.7 Å². The number of anilines is 1. The maximum absolute atomic E-state index is 12.6. The molecule has 0 radical (unpaired) electrons. The van der Waals surface area contributed by atoms with E-state index in [1.54, 1.807) is 28.2 Å². The molecule has 2 amide bonds. The minimum Gasteiger partial charge on any atom is -0.495 e. The molecule has 1 saturated heterocycles. The number of hydrogen-bond donors (Lipinski definition) is 0. The smallest absolute Gasteiger partial charge is 0.246 e. The van der Waals surface area contributed by atoms with Crippen molar-refractivity contribution in [3.8, 4) is 5.75 Å². The Balaban J connectivity index is 1.67. The van der Waals surface area contributed by atoms with Crippen LogP contribution in [0.5, 0.6) is 5.75 Å². The molecule has 1 aromatic carbocycles. The van der Waals surface area contributed by atoms with Crippen LogP contribution < -0.4 is 9.64 Å². The number of para-hydroxylation sites is 2. The van der Waals surface area contributed by atoms with Gasteiger partial charge in [0, 0.05) is 19.0 Å². The largest absolute Gasteiger partial charge is 0.495 e. The molecule has 5 nitrogen and oxygen atoms in total. The summed E-state index contributed by atoms with van der Waals surface area (Å²) in [5, 5.41) is 4.07. The molecule has 25 heavy (non-hydrogen) atoms. The van der Waals surface area contributed by atoms with Gasteiger partial charge in [-0.15, -0.1) is 0 Å². The molecule has 0 spiro atoms. The van der Waals surface area contributed by atoms with Gasteiger partial charge in [0.15, 0.2) is 0 Å². The van der Waals surface area contributed by atoms with E-state index in [0.717, 1.165) is 12.1 Å². The maximum Gasteiger partial charge on any atom is 0.246 e. The maximum atomic E-state index is 12.6. The second-order valence-corrected chi connectivity index (χ2v) is 6.96. The summed E-state index contributed by atoms with van der Waals surface area (Å²) in [6, 6.07) is 9.47. The number of aryl methyl sites for hydroxylation is 1. The summed E-state index contributed by atoms with van der Waals surface area (Å²) in [6.45, 7) is 2.57. The summed E-state index contributed by atoms with van der Waals surface area (Å²) >= 11 is 1.63. The van der Waals surface area contributed by atoms with Crippen LogP contribution in [0.3, 0.4) is 0 Å². The van der Waals surface area contributed by atoms with Gasteiger partial charge in [0.25, 0.3) is 0 Å². The Kier molecular flexibility index (Phi) is 5.38. The van der Waals surface area contributed by atoms with Crippen LogP contribution in [0.25, 0.3) is 0 Å². The summed E-state index contributed by atoms with van der Waals surface area (Å²) in [5.41, 5.74) is 1.93. The summed E-state index contributed by atoms with van der Waals surface area (Å²) in [6.07, 6.45) is 1.15. The van der Waals surface area contributed by atoms with Crippen molar-refractivity contribution in [3.05, 3.63) is 46.7 Å². The molecule has 132 valence electrons. The van der Waals surface area contributed by atoms with Gasteiger partial charge in [-0.1, -0.05) is 12.1 Å². The number of benzene rings is 1. The van der Waals surface area contributed by atoms with Crippen LogP contribution in [0.2, 0.25) is 0 Å². The topological polar surface area (TPSA) is 49.9 Å². The van der Waals surface area contributed by atoms with Crippen LogP contribution in [0, 0.1) is 0 Å². The molecule has 2 heterocycles. The van der Waals surface area contributed by atoms with E-state index in [2.05, 4.69) is 5.38 Å². The van der Waals surface area contributed by atoms with E-state index in [9.17, 15) is 9.59 Å². The lowest BCUT2D eigenvalue weighted by atomic mass is 10.1. The highest BCUT2D eigenvalue weighted by atomic mass is 32.1. The fourth-order valence-electron chi connectivity index (χ4n) is 3.10. The van der Waals surface area contributed by atoms with Gasteiger partial charge in [0.2, 0.25) is 11.8 Å².